The first-order valence-corrected chi connectivity index (χ1v) is 6.49. The minimum atomic E-state index is -0.306. The largest absolute Gasteiger partial charge is 0.342 e. The van der Waals surface area contributed by atoms with E-state index in [1.54, 1.807) is 30.1 Å². The first-order chi connectivity index (χ1) is 9.54. The number of nitrogens with one attached hydrogen (secondary N) is 1. The van der Waals surface area contributed by atoms with Crippen molar-refractivity contribution in [1.29, 1.82) is 0 Å². The third-order valence-corrected chi connectivity index (χ3v) is 3.47. The Morgan fingerprint density at radius 1 is 1.05 bits per heavy atom. The van der Waals surface area contributed by atoms with Gasteiger partial charge in [0.05, 0.1) is 5.69 Å². The summed E-state index contributed by atoms with van der Waals surface area (Å²) in [4.78, 5) is 1.73. The van der Waals surface area contributed by atoms with Crippen molar-refractivity contribution in [1.82, 2.24) is 5.32 Å². The van der Waals surface area contributed by atoms with Gasteiger partial charge in [0.25, 0.3) is 0 Å². The highest BCUT2D eigenvalue weighted by Gasteiger charge is 2.17. The van der Waals surface area contributed by atoms with Crippen molar-refractivity contribution in [3.63, 3.8) is 0 Å². The van der Waals surface area contributed by atoms with Gasteiger partial charge in [-0.05, 0) is 49.9 Å². The van der Waals surface area contributed by atoms with E-state index < -0.39 is 0 Å². The number of para-hydroxylation sites is 1. The maximum atomic E-state index is 14.2. The molecule has 1 atom stereocenters. The molecule has 20 heavy (non-hydrogen) atoms. The van der Waals surface area contributed by atoms with Crippen LogP contribution in [0.1, 0.15) is 18.5 Å². The second-order valence-corrected chi connectivity index (χ2v) is 4.72. The molecule has 0 aliphatic carbocycles. The highest BCUT2D eigenvalue weighted by atomic mass is 19.1. The maximum absolute atomic E-state index is 14.2. The SMILES string of the molecule is CNC(C)c1cccc(F)c1N(C)c1ccc(F)cc1. The van der Waals surface area contributed by atoms with Crippen LogP contribution in [0.4, 0.5) is 20.2 Å². The van der Waals surface area contributed by atoms with E-state index in [2.05, 4.69) is 5.32 Å². The highest BCUT2D eigenvalue weighted by Crippen LogP contribution is 2.33. The Bertz CT molecular complexity index is 582. The zero-order chi connectivity index (χ0) is 14.7. The van der Waals surface area contributed by atoms with Crippen molar-refractivity contribution in [3.8, 4) is 0 Å². The molecule has 4 heteroatoms. The van der Waals surface area contributed by atoms with Gasteiger partial charge < -0.3 is 10.2 Å². The Balaban J connectivity index is 2.48. The van der Waals surface area contributed by atoms with Crippen LogP contribution in [0.15, 0.2) is 42.5 Å². The lowest BCUT2D eigenvalue weighted by atomic mass is 10.0. The molecule has 0 aromatic heterocycles. The average Bonchev–Trinajstić information content (AvgIpc) is 2.46. The number of halogens is 2. The summed E-state index contributed by atoms with van der Waals surface area (Å²) in [6.45, 7) is 1.97. The number of hydrogen-bond acceptors (Lipinski definition) is 2. The summed E-state index contributed by atoms with van der Waals surface area (Å²) in [7, 11) is 3.61. The van der Waals surface area contributed by atoms with Crippen LogP contribution < -0.4 is 10.2 Å². The lowest BCUT2D eigenvalue weighted by Crippen LogP contribution is -2.19. The van der Waals surface area contributed by atoms with Crippen LogP contribution in [0, 0.1) is 11.6 Å². The second kappa shape index (κ2) is 6.01. The molecule has 2 aromatic rings. The zero-order valence-electron chi connectivity index (χ0n) is 11.8. The molecule has 1 unspecified atom stereocenters. The van der Waals surface area contributed by atoms with Crippen molar-refractivity contribution in [2.75, 3.05) is 19.0 Å². The Morgan fingerprint density at radius 2 is 1.70 bits per heavy atom. The van der Waals surface area contributed by atoms with Gasteiger partial charge in [-0.2, -0.15) is 0 Å². The molecule has 0 spiro atoms. The van der Waals surface area contributed by atoms with Gasteiger partial charge in [-0.1, -0.05) is 12.1 Å². The van der Waals surface area contributed by atoms with Gasteiger partial charge >= 0.3 is 0 Å². The monoisotopic (exact) mass is 276 g/mol. The minimum Gasteiger partial charge on any atom is -0.342 e. The van der Waals surface area contributed by atoms with Gasteiger partial charge in [0.15, 0.2) is 0 Å². The van der Waals surface area contributed by atoms with Gasteiger partial charge in [0, 0.05) is 18.8 Å². The molecule has 0 radical (unpaired) electrons. The summed E-state index contributed by atoms with van der Waals surface area (Å²) in [5.74, 6) is -0.601. The molecule has 0 heterocycles. The smallest absolute Gasteiger partial charge is 0.147 e. The number of anilines is 2. The fourth-order valence-corrected chi connectivity index (χ4v) is 2.18. The van der Waals surface area contributed by atoms with E-state index >= 15 is 0 Å². The van der Waals surface area contributed by atoms with Crippen molar-refractivity contribution < 1.29 is 8.78 Å². The Labute approximate surface area is 118 Å². The number of nitrogens with zero attached hydrogens (tertiary/aromatic N) is 1. The summed E-state index contributed by atoms with van der Waals surface area (Å²) >= 11 is 0. The third-order valence-electron chi connectivity index (χ3n) is 3.47. The molecule has 0 amide bonds. The average molecular weight is 276 g/mol. The minimum absolute atomic E-state index is 0.0172. The molecule has 106 valence electrons. The topological polar surface area (TPSA) is 15.3 Å². The van der Waals surface area contributed by atoms with Gasteiger partial charge in [-0.15, -0.1) is 0 Å². The van der Waals surface area contributed by atoms with Crippen LogP contribution in [-0.2, 0) is 0 Å². The molecule has 2 nitrogen and oxygen atoms in total. The van der Waals surface area contributed by atoms with Gasteiger partial charge in [-0.25, -0.2) is 8.78 Å². The summed E-state index contributed by atoms with van der Waals surface area (Å²) in [6, 6.07) is 11.0. The van der Waals surface area contributed by atoms with Gasteiger partial charge in [0.2, 0.25) is 0 Å². The molecule has 2 rings (SSSR count). The van der Waals surface area contributed by atoms with Gasteiger partial charge in [-0.3, -0.25) is 0 Å². The lowest BCUT2D eigenvalue weighted by molar-refractivity contribution is 0.608. The second-order valence-electron chi connectivity index (χ2n) is 4.72. The van der Waals surface area contributed by atoms with Crippen molar-refractivity contribution in [3.05, 3.63) is 59.7 Å². The standard InChI is InChI=1S/C16H18F2N2/c1-11(19-2)14-5-4-6-15(18)16(14)20(3)13-9-7-12(17)8-10-13/h4-11,19H,1-3H3. The predicted octanol–water partition coefficient (Wildman–Crippen LogP) is 4.01. The van der Waals surface area contributed by atoms with Crippen molar-refractivity contribution in [2.45, 2.75) is 13.0 Å². The van der Waals surface area contributed by atoms with E-state index in [1.165, 1.54) is 18.2 Å². The molecule has 1 N–H and O–H groups in total. The first-order valence-electron chi connectivity index (χ1n) is 6.49. The molecule has 0 aliphatic rings. The van der Waals surface area contributed by atoms with Crippen LogP contribution in [0.5, 0.6) is 0 Å². The molecule has 0 saturated carbocycles. The summed E-state index contributed by atoms with van der Waals surface area (Å²) < 4.78 is 27.2. The quantitative estimate of drug-likeness (QED) is 0.907. The molecule has 0 aliphatic heterocycles. The normalized spacial score (nSPS) is 12.2. The van der Waals surface area contributed by atoms with Crippen molar-refractivity contribution >= 4 is 11.4 Å². The van der Waals surface area contributed by atoms with Crippen LogP contribution in [0.3, 0.4) is 0 Å². The summed E-state index contributed by atoms with van der Waals surface area (Å²) in [5, 5.41) is 3.11. The zero-order valence-corrected chi connectivity index (χ0v) is 11.8. The number of hydrogen-bond donors (Lipinski definition) is 1. The Hall–Kier alpha value is -1.94. The van der Waals surface area contributed by atoms with Crippen LogP contribution in [-0.4, -0.2) is 14.1 Å². The van der Waals surface area contributed by atoms with E-state index in [4.69, 9.17) is 0 Å². The molecular formula is C16H18F2N2. The fraction of sp³-hybridized carbons (Fsp3) is 0.250. The van der Waals surface area contributed by atoms with E-state index in [9.17, 15) is 8.78 Å². The Kier molecular flexibility index (Phi) is 4.35. The predicted molar refractivity (Wildman–Crippen MR) is 78.3 cm³/mol. The molecular weight excluding hydrogens is 258 g/mol. The summed E-state index contributed by atoms with van der Waals surface area (Å²) in [6.07, 6.45) is 0. The number of rotatable bonds is 4. The molecule has 0 bridgehead atoms. The van der Waals surface area contributed by atoms with E-state index in [0.717, 1.165) is 11.3 Å². The number of benzene rings is 2. The first kappa shape index (κ1) is 14.5. The van der Waals surface area contributed by atoms with E-state index in [0.29, 0.717) is 5.69 Å². The molecule has 0 saturated heterocycles. The summed E-state index contributed by atoms with van der Waals surface area (Å²) in [5.41, 5.74) is 2.10. The molecule has 2 aromatic carbocycles. The maximum Gasteiger partial charge on any atom is 0.147 e. The van der Waals surface area contributed by atoms with Crippen LogP contribution in [0.2, 0.25) is 0 Å². The highest BCUT2D eigenvalue weighted by molar-refractivity contribution is 5.67. The third kappa shape index (κ3) is 2.80. The van der Waals surface area contributed by atoms with Gasteiger partial charge in [0.1, 0.15) is 11.6 Å². The Morgan fingerprint density at radius 3 is 2.30 bits per heavy atom. The van der Waals surface area contributed by atoms with Crippen LogP contribution >= 0.6 is 0 Å². The van der Waals surface area contributed by atoms with E-state index in [1.807, 2.05) is 20.0 Å². The van der Waals surface area contributed by atoms with E-state index in [-0.39, 0.29) is 17.7 Å². The van der Waals surface area contributed by atoms with Crippen LogP contribution in [0.25, 0.3) is 0 Å². The lowest BCUT2D eigenvalue weighted by Gasteiger charge is -2.25. The molecule has 0 fully saturated rings. The van der Waals surface area contributed by atoms with Crippen molar-refractivity contribution in [2.24, 2.45) is 0 Å². The fourth-order valence-electron chi connectivity index (χ4n) is 2.18.